The monoisotopic (exact) mass is 630 g/mol. The zero-order valence-corrected chi connectivity index (χ0v) is 24.9. The third-order valence-electron chi connectivity index (χ3n) is 12.5. The Bertz CT molecular complexity index is 1170. The van der Waals surface area contributed by atoms with Crippen molar-refractivity contribution in [2.45, 2.75) is 99.7 Å². The molecule has 2 unspecified atom stereocenters. The minimum absolute atomic E-state index is 0.208. The van der Waals surface area contributed by atoms with Crippen molar-refractivity contribution < 1.29 is 55.0 Å². The van der Waals surface area contributed by atoms with Gasteiger partial charge in [-0.15, -0.1) is 0 Å². The average molecular weight is 631 g/mol. The molecule has 0 aromatic carbocycles. The first-order valence-corrected chi connectivity index (χ1v) is 17.5. The molecule has 13 heteroatoms. The molecule has 240 valence electrons. The molecule has 10 fully saturated rings. The summed E-state index contributed by atoms with van der Waals surface area (Å²) in [6.07, 6.45) is 9.89. The van der Waals surface area contributed by atoms with Gasteiger partial charge in [0.2, 0.25) is 0 Å². The number of alkyl halides is 2. The first-order valence-electron chi connectivity index (χ1n) is 16.0. The molecule has 10 rings (SSSR count). The molecule has 2 saturated heterocycles. The van der Waals surface area contributed by atoms with Crippen LogP contribution in [0.5, 0.6) is 0 Å². The normalized spacial score (nSPS) is 48.4. The highest BCUT2D eigenvalue weighted by Crippen LogP contribution is 2.64. The van der Waals surface area contributed by atoms with Gasteiger partial charge in [0.1, 0.15) is 6.61 Å². The molecule has 0 aromatic rings. The van der Waals surface area contributed by atoms with Gasteiger partial charge in [0.25, 0.3) is 0 Å². The fraction of sp³-hybridized carbons (Fsp3) is 0.933. The standard InChI is InChI=1S/C30H40F2O10S/c31-30(32,43(35,36)37)27(34)38-12-23(33)11-24(25-13-39-28(41-25)19-3-15-1-16(5-19)6-20(28)4-15)26-14-40-29(42-26)21-7-17-2-18(9-21)10-22(29)8-17/h15-22,24-26H,1-14H2,(H,35,36,37). The second-order valence-electron chi connectivity index (χ2n) is 15.0. The molecule has 8 aliphatic carbocycles. The third kappa shape index (κ3) is 4.49. The Labute approximate surface area is 249 Å². The van der Waals surface area contributed by atoms with Crippen molar-refractivity contribution in [3.05, 3.63) is 0 Å². The summed E-state index contributed by atoms with van der Waals surface area (Å²) in [7, 11) is -6.04. The van der Waals surface area contributed by atoms with Gasteiger partial charge < -0.3 is 23.7 Å². The molecule has 2 aliphatic heterocycles. The van der Waals surface area contributed by atoms with Gasteiger partial charge in [0.15, 0.2) is 17.4 Å². The lowest BCUT2D eigenvalue weighted by Crippen LogP contribution is -2.59. The predicted molar refractivity (Wildman–Crippen MR) is 142 cm³/mol. The molecule has 43 heavy (non-hydrogen) atoms. The fourth-order valence-corrected chi connectivity index (χ4v) is 11.4. The van der Waals surface area contributed by atoms with Crippen molar-refractivity contribution in [1.29, 1.82) is 0 Å². The smallest absolute Gasteiger partial charge is 0.452 e. The number of ketones is 1. The van der Waals surface area contributed by atoms with E-state index in [1.165, 1.54) is 12.8 Å². The van der Waals surface area contributed by atoms with Crippen LogP contribution in [0, 0.1) is 53.3 Å². The summed E-state index contributed by atoms with van der Waals surface area (Å²) < 4.78 is 89.2. The lowest BCUT2D eigenvalue weighted by atomic mass is 9.53. The summed E-state index contributed by atoms with van der Waals surface area (Å²) in [6.45, 7) is -0.531. The molecule has 2 atom stereocenters. The van der Waals surface area contributed by atoms with E-state index < -0.39 is 63.4 Å². The van der Waals surface area contributed by atoms with Crippen molar-refractivity contribution in [3.63, 3.8) is 0 Å². The second-order valence-corrected chi connectivity index (χ2v) is 16.4. The van der Waals surface area contributed by atoms with E-state index in [-0.39, 0.29) is 19.6 Å². The minimum atomic E-state index is -6.04. The molecule has 2 heterocycles. The highest BCUT2D eigenvalue weighted by molar-refractivity contribution is 7.87. The van der Waals surface area contributed by atoms with Gasteiger partial charge in [0.05, 0.1) is 25.4 Å². The summed E-state index contributed by atoms with van der Waals surface area (Å²) >= 11 is 0. The zero-order chi connectivity index (χ0) is 29.9. The lowest BCUT2D eigenvalue weighted by molar-refractivity contribution is -0.305. The molecule has 1 N–H and O–H groups in total. The van der Waals surface area contributed by atoms with Crippen LogP contribution >= 0.6 is 0 Å². The van der Waals surface area contributed by atoms with Crippen LogP contribution in [0.3, 0.4) is 0 Å². The molecule has 0 aromatic heterocycles. The predicted octanol–water partition coefficient (Wildman–Crippen LogP) is 3.72. The largest absolute Gasteiger partial charge is 0.465 e. The van der Waals surface area contributed by atoms with Crippen LogP contribution in [-0.2, 0) is 43.4 Å². The zero-order valence-electron chi connectivity index (χ0n) is 24.0. The van der Waals surface area contributed by atoms with Crippen molar-refractivity contribution in [2.24, 2.45) is 53.3 Å². The number of carbonyl (C=O) groups excluding carboxylic acids is 2. The van der Waals surface area contributed by atoms with Crippen LogP contribution in [0.4, 0.5) is 8.78 Å². The van der Waals surface area contributed by atoms with Gasteiger partial charge in [-0.25, -0.2) is 4.79 Å². The van der Waals surface area contributed by atoms with Crippen molar-refractivity contribution >= 4 is 21.9 Å². The van der Waals surface area contributed by atoms with Gasteiger partial charge in [-0.3, -0.25) is 9.35 Å². The van der Waals surface area contributed by atoms with Crippen LogP contribution < -0.4 is 0 Å². The van der Waals surface area contributed by atoms with Crippen LogP contribution in [0.15, 0.2) is 0 Å². The summed E-state index contributed by atoms with van der Waals surface area (Å²) in [5.41, 5.74) is 0. The summed E-state index contributed by atoms with van der Waals surface area (Å²) in [4.78, 5) is 24.9. The van der Waals surface area contributed by atoms with Gasteiger partial charge in [-0.1, -0.05) is 0 Å². The van der Waals surface area contributed by atoms with E-state index in [2.05, 4.69) is 4.74 Å². The Hall–Kier alpha value is -1.25. The Kier molecular flexibility index (Phi) is 6.70. The highest BCUT2D eigenvalue weighted by Gasteiger charge is 2.66. The van der Waals surface area contributed by atoms with E-state index in [0.717, 1.165) is 51.4 Å². The van der Waals surface area contributed by atoms with E-state index in [1.54, 1.807) is 0 Å². The van der Waals surface area contributed by atoms with Gasteiger partial charge >= 0.3 is 21.3 Å². The Balaban J connectivity index is 1.01. The van der Waals surface area contributed by atoms with E-state index >= 15 is 0 Å². The van der Waals surface area contributed by atoms with Crippen molar-refractivity contribution in [1.82, 2.24) is 0 Å². The van der Waals surface area contributed by atoms with E-state index in [0.29, 0.717) is 47.3 Å². The molecule has 8 bridgehead atoms. The molecule has 2 spiro atoms. The Morgan fingerprint density at radius 3 is 1.53 bits per heavy atom. The second kappa shape index (κ2) is 9.87. The topological polar surface area (TPSA) is 135 Å². The average Bonchev–Trinajstić information content (AvgIpc) is 3.58. The highest BCUT2D eigenvalue weighted by atomic mass is 32.2. The maximum absolute atomic E-state index is 13.7. The third-order valence-corrected chi connectivity index (χ3v) is 13.3. The number of rotatable bonds is 8. The Morgan fingerprint density at radius 2 is 1.16 bits per heavy atom. The first kappa shape index (κ1) is 29.2. The number of hydrogen-bond acceptors (Lipinski definition) is 9. The Morgan fingerprint density at radius 1 is 0.767 bits per heavy atom. The van der Waals surface area contributed by atoms with Crippen molar-refractivity contribution in [2.75, 3.05) is 19.8 Å². The lowest BCUT2D eigenvalue weighted by Gasteiger charge is -2.58. The molecular formula is C30H40F2O10S. The van der Waals surface area contributed by atoms with Gasteiger partial charge in [0, 0.05) is 36.0 Å². The van der Waals surface area contributed by atoms with Crippen LogP contribution in [0.25, 0.3) is 0 Å². The van der Waals surface area contributed by atoms with Crippen molar-refractivity contribution in [3.8, 4) is 0 Å². The maximum atomic E-state index is 13.7. The SMILES string of the molecule is O=C(COC(=O)C(F)(F)S(=O)(=O)O)CC(C1COC2(O1)C1CC3CC(C1)CC2C3)C1COC2(O1)C1CC3CC(C1)CC2C3. The molecule has 8 saturated carbocycles. The maximum Gasteiger partial charge on any atom is 0.465 e. The number of hydrogen-bond donors (Lipinski definition) is 1. The fourth-order valence-electron chi connectivity index (χ4n) is 11.2. The molecule has 10 aliphatic rings. The van der Waals surface area contributed by atoms with E-state index in [9.17, 15) is 26.8 Å². The van der Waals surface area contributed by atoms with Gasteiger partial charge in [-0.2, -0.15) is 17.2 Å². The molecule has 0 radical (unpaired) electrons. The molecule has 0 amide bonds. The summed E-state index contributed by atoms with van der Waals surface area (Å²) in [5.74, 6) is -1.11. The molecular weight excluding hydrogens is 590 g/mol. The number of carbonyl (C=O) groups is 2. The number of halogens is 2. The number of esters is 1. The summed E-state index contributed by atoms with van der Waals surface area (Å²) in [6, 6.07) is 0. The first-order chi connectivity index (χ1) is 20.4. The quantitative estimate of drug-likeness (QED) is 0.312. The minimum Gasteiger partial charge on any atom is -0.452 e. The van der Waals surface area contributed by atoms with Crippen LogP contribution in [-0.4, -0.2) is 73.6 Å². The molecule has 10 nitrogen and oxygen atoms in total. The summed E-state index contributed by atoms with van der Waals surface area (Å²) in [5, 5.41) is -5.17. The van der Waals surface area contributed by atoms with Gasteiger partial charge in [-0.05, 0) is 87.9 Å². The number of Topliss-reactive ketones (excluding diaryl/α,β-unsaturated/α-hetero) is 1. The van der Waals surface area contributed by atoms with E-state index in [1.807, 2.05) is 0 Å². The number of ether oxygens (including phenoxy) is 5. The van der Waals surface area contributed by atoms with E-state index in [4.69, 9.17) is 23.5 Å². The van der Waals surface area contributed by atoms with Crippen LogP contribution in [0.1, 0.15) is 70.6 Å². The van der Waals surface area contributed by atoms with Crippen LogP contribution in [0.2, 0.25) is 0 Å².